The Morgan fingerprint density at radius 1 is 1.42 bits per heavy atom. The molecule has 0 aromatic carbocycles. The van der Waals surface area contributed by atoms with E-state index in [4.69, 9.17) is 0 Å². The van der Waals surface area contributed by atoms with Crippen LogP contribution < -0.4 is 0 Å². The highest BCUT2D eigenvalue weighted by atomic mass is 15.3. The molecule has 0 spiro atoms. The summed E-state index contributed by atoms with van der Waals surface area (Å²) in [6.45, 7) is 3.97. The first-order valence-electron chi connectivity index (χ1n) is 3.98. The molecule has 0 saturated carbocycles. The quantitative estimate of drug-likeness (QED) is 0.628. The monoisotopic (exact) mass is 162 g/mol. The predicted octanol–water partition coefficient (Wildman–Crippen LogP) is 0.995. The van der Waals surface area contributed by atoms with Gasteiger partial charge in [0.25, 0.3) is 5.78 Å². The van der Waals surface area contributed by atoms with Gasteiger partial charge in [-0.05, 0) is 13.0 Å². The lowest BCUT2D eigenvalue weighted by Crippen LogP contribution is -1.91. The fraction of sp³-hybridized carbons (Fsp3) is 0.375. The number of hydrogen-bond acceptors (Lipinski definition) is 3. The van der Waals surface area contributed by atoms with E-state index in [1.165, 1.54) is 0 Å². The third kappa shape index (κ3) is 1.05. The Labute approximate surface area is 70.3 Å². The first-order valence-corrected chi connectivity index (χ1v) is 3.98. The summed E-state index contributed by atoms with van der Waals surface area (Å²) in [6, 6.07) is 1.92. The highest BCUT2D eigenvalue weighted by molar-refractivity contribution is 5.27. The molecule has 4 heteroatoms. The van der Waals surface area contributed by atoms with Crippen molar-refractivity contribution in [3.05, 3.63) is 23.8 Å². The molecule has 0 bridgehead atoms. The van der Waals surface area contributed by atoms with Crippen LogP contribution in [-0.2, 0) is 6.42 Å². The van der Waals surface area contributed by atoms with Crippen molar-refractivity contribution in [2.45, 2.75) is 20.3 Å². The van der Waals surface area contributed by atoms with E-state index >= 15 is 0 Å². The minimum atomic E-state index is 0.687. The Kier molecular flexibility index (Phi) is 1.53. The molecule has 12 heavy (non-hydrogen) atoms. The van der Waals surface area contributed by atoms with Gasteiger partial charge in [-0.2, -0.15) is 10.1 Å². The van der Waals surface area contributed by atoms with E-state index in [2.05, 4.69) is 15.1 Å². The largest absolute Gasteiger partial charge is 0.252 e. The molecule has 2 rings (SSSR count). The number of aryl methyl sites for hydroxylation is 2. The molecule has 0 saturated heterocycles. The van der Waals surface area contributed by atoms with E-state index in [0.29, 0.717) is 5.78 Å². The van der Waals surface area contributed by atoms with Crippen LogP contribution in [0.25, 0.3) is 5.78 Å². The van der Waals surface area contributed by atoms with Crippen molar-refractivity contribution >= 4 is 5.78 Å². The highest BCUT2D eigenvalue weighted by Gasteiger charge is 2.01. The molecule has 0 radical (unpaired) electrons. The number of nitrogens with zero attached hydrogens (tertiary/aromatic N) is 4. The maximum Gasteiger partial charge on any atom is 0.252 e. The van der Waals surface area contributed by atoms with Gasteiger partial charge in [-0.3, -0.25) is 0 Å². The SMILES string of the molecule is CCc1nc2nc(C)ccn2n1. The lowest BCUT2D eigenvalue weighted by Gasteiger charge is -1.89. The second-order valence-corrected chi connectivity index (χ2v) is 2.70. The van der Waals surface area contributed by atoms with Crippen LogP contribution in [0, 0.1) is 6.92 Å². The van der Waals surface area contributed by atoms with Crippen LogP contribution in [0.1, 0.15) is 18.4 Å². The zero-order valence-corrected chi connectivity index (χ0v) is 7.15. The van der Waals surface area contributed by atoms with E-state index in [1.54, 1.807) is 4.52 Å². The minimum absolute atomic E-state index is 0.687. The standard InChI is InChI=1S/C8H10N4/c1-3-7-10-8-9-6(2)4-5-12(8)11-7/h4-5H,3H2,1-2H3. The molecule has 62 valence electrons. The van der Waals surface area contributed by atoms with Gasteiger partial charge in [0.2, 0.25) is 0 Å². The van der Waals surface area contributed by atoms with Gasteiger partial charge in [-0.1, -0.05) is 6.92 Å². The first-order chi connectivity index (χ1) is 5.79. The molecular formula is C8H10N4. The molecule has 0 aliphatic rings. The van der Waals surface area contributed by atoms with Crippen molar-refractivity contribution in [2.75, 3.05) is 0 Å². The maximum absolute atomic E-state index is 4.23. The molecule has 0 unspecified atom stereocenters. The third-order valence-corrected chi connectivity index (χ3v) is 1.71. The summed E-state index contributed by atoms with van der Waals surface area (Å²) in [5.74, 6) is 1.53. The summed E-state index contributed by atoms with van der Waals surface area (Å²) in [5, 5.41) is 4.22. The van der Waals surface area contributed by atoms with Gasteiger partial charge in [-0.25, -0.2) is 9.50 Å². The van der Waals surface area contributed by atoms with E-state index in [-0.39, 0.29) is 0 Å². The van der Waals surface area contributed by atoms with Crippen LogP contribution in [0.15, 0.2) is 12.3 Å². The van der Waals surface area contributed by atoms with E-state index < -0.39 is 0 Å². The van der Waals surface area contributed by atoms with Crippen LogP contribution in [0.5, 0.6) is 0 Å². The molecule has 2 heterocycles. The summed E-state index contributed by atoms with van der Waals surface area (Å²) in [4.78, 5) is 8.47. The summed E-state index contributed by atoms with van der Waals surface area (Å²) in [7, 11) is 0. The Hall–Kier alpha value is -1.45. The summed E-state index contributed by atoms with van der Waals surface area (Å²) in [6.07, 6.45) is 2.73. The molecule has 0 atom stereocenters. The van der Waals surface area contributed by atoms with Crippen molar-refractivity contribution < 1.29 is 0 Å². The summed E-state index contributed by atoms with van der Waals surface area (Å²) < 4.78 is 1.70. The zero-order valence-electron chi connectivity index (χ0n) is 7.15. The Balaban J connectivity index is 2.67. The normalized spacial score (nSPS) is 10.8. The van der Waals surface area contributed by atoms with Gasteiger partial charge >= 0.3 is 0 Å². The van der Waals surface area contributed by atoms with Crippen LogP contribution in [0.2, 0.25) is 0 Å². The van der Waals surface area contributed by atoms with E-state index in [0.717, 1.165) is 17.9 Å². The van der Waals surface area contributed by atoms with Crippen molar-refractivity contribution in [3.8, 4) is 0 Å². The highest BCUT2D eigenvalue weighted by Crippen LogP contribution is 1.99. The number of rotatable bonds is 1. The van der Waals surface area contributed by atoms with E-state index in [9.17, 15) is 0 Å². The van der Waals surface area contributed by atoms with Crippen LogP contribution in [-0.4, -0.2) is 19.6 Å². The van der Waals surface area contributed by atoms with Crippen LogP contribution in [0.3, 0.4) is 0 Å². The molecule has 2 aromatic rings. The smallest absolute Gasteiger partial charge is 0.216 e. The van der Waals surface area contributed by atoms with Gasteiger partial charge in [0.15, 0.2) is 5.82 Å². The molecule has 0 amide bonds. The molecule has 0 N–H and O–H groups in total. The van der Waals surface area contributed by atoms with Gasteiger partial charge in [0.05, 0.1) is 0 Å². The molecular weight excluding hydrogens is 152 g/mol. The fourth-order valence-electron chi connectivity index (χ4n) is 1.06. The minimum Gasteiger partial charge on any atom is -0.216 e. The Morgan fingerprint density at radius 3 is 3.00 bits per heavy atom. The molecule has 0 aliphatic heterocycles. The molecule has 0 aliphatic carbocycles. The van der Waals surface area contributed by atoms with Crippen LogP contribution in [0.4, 0.5) is 0 Å². The second kappa shape index (κ2) is 2.55. The van der Waals surface area contributed by atoms with Crippen LogP contribution >= 0.6 is 0 Å². The first kappa shape index (κ1) is 7.21. The molecule has 4 nitrogen and oxygen atoms in total. The predicted molar refractivity (Wildman–Crippen MR) is 44.9 cm³/mol. The summed E-state index contributed by atoms with van der Waals surface area (Å²) in [5.41, 5.74) is 0.970. The van der Waals surface area contributed by atoms with Gasteiger partial charge < -0.3 is 0 Å². The van der Waals surface area contributed by atoms with Gasteiger partial charge in [0.1, 0.15) is 0 Å². The second-order valence-electron chi connectivity index (χ2n) is 2.70. The number of fused-ring (bicyclic) bond motifs is 1. The lowest BCUT2D eigenvalue weighted by atomic mass is 10.5. The maximum atomic E-state index is 4.23. The van der Waals surface area contributed by atoms with Crippen molar-refractivity contribution in [1.29, 1.82) is 0 Å². The van der Waals surface area contributed by atoms with Crippen molar-refractivity contribution in [3.63, 3.8) is 0 Å². The topological polar surface area (TPSA) is 43.1 Å². The van der Waals surface area contributed by atoms with Crippen molar-refractivity contribution in [1.82, 2.24) is 19.6 Å². The number of hydrogen-bond donors (Lipinski definition) is 0. The Bertz CT molecular complexity index is 404. The zero-order chi connectivity index (χ0) is 8.55. The van der Waals surface area contributed by atoms with Gasteiger partial charge in [0, 0.05) is 18.3 Å². The average molecular weight is 162 g/mol. The average Bonchev–Trinajstić information content (AvgIpc) is 2.46. The van der Waals surface area contributed by atoms with Gasteiger partial charge in [-0.15, -0.1) is 0 Å². The van der Waals surface area contributed by atoms with Crippen molar-refractivity contribution in [2.24, 2.45) is 0 Å². The number of aromatic nitrogens is 4. The Morgan fingerprint density at radius 2 is 2.25 bits per heavy atom. The fourth-order valence-corrected chi connectivity index (χ4v) is 1.06. The molecule has 2 aromatic heterocycles. The van der Waals surface area contributed by atoms with E-state index in [1.807, 2.05) is 26.1 Å². The molecule has 0 fully saturated rings. The third-order valence-electron chi connectivity index (χ3n) is 1.71. The summed E-state index contributed by atoms with van der Waals surface area (Å²) >= 11 is 0. The lowest BCUT2D eigenvalue weighted by molar-refractivity contribution is 0.876.